The van der Waals surface area contributed by atoms with Crippen LogP contribution in [0.25, 0.3) is 10.4 Å². The first-order valence-electron chi connectivity index (χ1n) is 9.95. The van der Waals surface area contributed by atoms with E-state index in [0.29, 0.717) is 33.5 Å². The van der Waals surface area contributed by atoms with Crippen molar-refractivity contribution < 1.29 is 14.0 Å². The summed E-state index contributed by atoms with van der Waals surface area (Å²) in [6.45, 7) is 2.16. The normalized spacial score (nSPS) is 21.7. The Labute approximate surface area is 186 Å². The Hall–Kier alpha value is -2.85. The first-order valence-corrected chi connectivity index (χ1v) is 11.6. The fourth-order valence-electron chi connectivity index (χ4n) is 4.30. The van der Waals surface area contributed by atoms with E-state index in [-0.39, 0.29) is 40.5 Å². The minimum Gasteiger partial charge on any atom is -0.375 e. The molecule has 1 aliphatic carbocycles. The van der Waals surface area contributed by atoms with Crippen molar-refractivity contribution in [1.82, 2.24) is 20.2 Å². The van der Waals surface area contributed by atoms with Crippen LogP contribution < -0.4 is 11.1 Å². The molecule has 10 heteroatoms. The molecule has 0 unspecified atom stereocenters. The van der Waals surface area contributed by atoms with Gasteiger partial charge in [-0.2, -0.15) is 0 Å². The maximum absolute atomic E-state index is 13.8. The van der Waals surface area contributed by atoms with Crippen molar-refractivity contribution in [1.29, 1.82) is 0 Å². The molecule has 2 fully saturated rings. The molecule has 0 radical (unpaired) electrons. The number of fused-ring (bicyclic) bond motifs is 1. The fraction of sp³-hybridized carbons (Fsp3) is 0.333. The van der Waals surface area contributed by atoms with E-state index in [2.05, 4.69) is 15.3 Å². The second kappa shape index (κ2) is 7.69. The van der Waals surface area contributed by atoms with Gasteiger partial charge in [-0.3, -0.25) is 9.59 Å². The number of amides is 2. The predicted molar refractivity (Wildman–Crippen MR) is 118 cm³/mol. The van der Waals surface area contributed by atoms with Gasteiger partial charge in [0.05, 0.1) is 22.1 Å². The van der Waals surface area contributed by atoms with E-state index < -0.39 is 0 Å². The SMILES string of the molecule is Cc1ncsc1C(=O)NC[C@@H]1C[C@@H]2C[C@@H]2N1C(=O)c1nc(N)sc1-c1cccc(F)c1. The number of carbonyl (C=O) groups excluding carboxylic acids is 2. The summed E-state index contributed by atoms with van der Waals surface area (Å²) < 4.78 is 13.8. The van der Waals surface area contributed by atoms with Gasteiger partial charge in [-0.25, -0.2) is 14.4 Å². The zero-order chi connectivity index (χ0) is 21.7. The molecule has 2 amide bonds. The number of nitrogens with one attached hydrogen (secondary N) is 1. The molecule has 3 heterocycles. The molecular weight excluding hydrogens is 437 g/mol. The van der Waals surface area contributed by atoms with Gasteiger partial charge in [-0.1, -0.05) is 23.5 Å². The molecule has 5 rings (SSSR count). The van der Waals surface area contributed by atoms with Crippen LogP contribution >= 0.6 is 22.7 Å². The Morgan fingerprint density at radius 1 is 1.35 bits per heavy atom. The molecule has 1 aromatic carbocycles. The number of nitrogens with zero attached hydrogens (tertiary/aromatic N) is 3. The molecule has 3 N–H and O–H groups in total. The third-order valence-electron chi connectivity index (χ3n) is 5.83. The number of thiazole rings is 2. The summed E-state index contributed by atoms with van der Waals surface area (Å²) in [5.74, 6) is -0.327. The van der Waals surface area contributed by atoms with Crippen LogP contribution in [0.5, 0.6) is 0 Å². The molecule has 3 atom stereocenters. The first kappa shape index (κ1) is 20.1. The molecule has 160 valence electrons. The summed E-state index contributed by atoms with van der Waals surface area (Å²) in [4.78, 5) is 37.4. The van der Waals surface area contributed by atoms with Gasteiger partial charge in [-0.05, 0) is 43.4 Å². The number of rotatable bonds is 5. The summed E-state index contributed by atoms with van der Waals surface area (Å²) in [6, 6.07) is 6.11. The summed E-state index contributed by atoms with van der Waals surface area (Å²) in [5.41, 5.74) is 9.08. The second-order valence-corrected chi connectivity index (χ2v) is 9.77. The standard InChI is InChI=1S/C21H20FN5O2S2/c1-10-17(30-9-25-10)19(28)24-8-14-6-12-7-15(12)27(14)20(29)16-18(31-21(23)26-16)11-3-2-4-13(22)5-11/h2-5,9,12,14-15H,6-8H2,1H3,(H2,23,26)(H,24,28)/t12-,14+,15+/m1/s1. The Morgan fingerprint density at radius 3 is 2.94 bits per heavy atom. The topological polar surface area (TPSA) is 101 Å². The quantitative estimate of drug-likeness (QED) is 0.612. The lowest BCUT2D eigenvalue weighted by atomic mass is 10.1. The molecule has 1 saturated heterocycles. The smallest absolute Gasteiger partial charge is 0.274 e. The van der Waals surface area contributed by atoms with Crippen LogP contribution in [0, 0.1) is 18.7 Å². The van der Waals surface area contributed by atoms with Gasteiger partial charge >= 0.3 is 0 Å². The Bertz CT molecular complexity index is 1180. The zero-order valence-corrected chi connectivity index (χ0v) is 18.3. The van der Waals surface area contributed by atoms with Gasteiger partial charge in [0.2, 0.25) is 0 Å². The minimum atomic E-state index is -0.384. The van der Waals surface area contributed by atoms with Gasteiger partial charge in [0, 0.05) is 12.6 Å². The van der Waals surface area contributed by atoms with Crippen LogP contribution in [0.1, 0.15) is 38.7 Å². The predicted octanol–water partition coefficient (Wildman–Crippen LogP) is 3.33. The molecule has 0 bridgehead atoms. The van der Waals surface area contributed by atoms with Crippen molar-refractivity contribution in [2.45, 2.75) is 31.8 Å². The highest BCUT2D eigenvalue weighted by Crippen LogP contribution is 2.49. The number of anilines is 1. The van der Waals surface area contributed by atoms with Crippen LogP contribution in [0.15, 0.2) is 29.8 Å². The molecule has 2 aliphatic rings. The van der Waals surface area contributed by atoms with E-state index in [1.165, 1.54) is 34.8 Å². The highest BCUT2D eigenvalue weighted by molar-refractivity contribution is 7.19. The van der Waals surface area contributed by atoms with E-state index in [4.69, 9.17) is 5.73 Å². The summed E-state index contributed by atoms with van der Waals surface area (Å²) in [5, 5.41) is 3.21. The van der Waals surface area contributed by atoms with E-state index in [0.717, 1.165) is 12.8 Å². The van der Waals surface area contributed by atoms with Crippen molar-refractivity contribution in [2.75, 3.05) is 12.3 Å². The summed E-state index contributed by atoms with van der Waals surface area (Å²) in [6.07, 6.45) is 1.80. The number of hydrogen-bond donors (Lipinski definition) is 2. The zero-order valence-electron chi connectivity index (χ0n) is 16.7. The number of carbonyl (C=O) groups is 2. The molecule has 7 nitrogen and oxygen atoms in total. The van der Waals surface area contributed by atoms with E-state index >= 15 is 0 Å². The Morgan fingerprint density at radius 2 is 2.19 bits per heavy atom. The Kier molecular flexibility index (Phi) is 4.98. The molecule has 0 spiro atoms. The molecule has 1 saturated carbocycles. The molecular formula is C21H20FN5O2S2. The van der Waals surface area contributed by atoms with Crippen LogP contribution in [0.2, 0.25) is 0 Å². The van der Waals surface area contributed by atoms with Crippen molar-refractivity contribution in [3.05, 3.63) is 51.9 Å². The number of hydrogen-bond acceptors (Lipinski definition) is 7. The number of aryl methyl sites for hydroxylation is 1. The van der Waals surface area contributed by atoms with Crippen LogP contribution in [0.4, 0.5) is 9.52 Å². The number of nitrogens with two attached hydrogens (primary N) is 1. The molecule has 31 heavy (non-hydrogen) atoms. The monoisotopic (exact) mass is 457 g/mol. The average Bonchev–Trinajstić information content (AvgIpc) is 3.06. The van der Waals surface area contributed by atoms with Crippen molar-refractivity contribution in [3.8, 4) is 10.4 Å². The lowest BCUT2D eigenvalue weighted by Gasteiger charge is -2.27. The number of nitrogen functional groups attached to an aromatic ring is 1. The largest absolute Gasteiger partial charge is 0.375 e. The number of halogens is 1. The van der Waals surface area contributed by atoms with Crippen molar-refractivity contribution >= 4 is 39.6 Å². The first-order chi connectivity index (χ1) is 14.9. The molecule has 2 aromatic heterocycles. The maximum Gasteiger partial charge on any atom is 0.274 e. The van der Waals surface area contributed by atoms with Crippen molar-refractivity contribution in [2.24, 2.45) is 5.92 Å². The van der Waals surface area contributed by atoms with E-state index in [9.17, 15) is 14.0 Å². The number of likely N-dealkylation sites (tertiary alicyclic amines) is 1. The van der Waals surface area contributed by atoms with E-state index in [1.54, 1.807) is 24.6 Å². The third-order valence-corrected chi connectivity index (χ3v) is 7.69. The van der Waals surface area contributed by atoms with E-state index in [1.807, 2.05) is 4.90 Å². The average molecular weight is 458 g/mol. The minimum absolute atomic E-state index is 0.114. The van der Waals surface area contributed by atoms with Gasteiger partial charge in [0.25, 0.3) is 11.8 Å². The highest BCUT2D eigenvalue weighted by Gasteiger charge is 2.54. The number of aromatic nitrogens is 2. The molecule has 1 aliphatic heterocycles. The van der Waals surface area contributed by atoms with Crippen LogP contribution in [0.3, 0.4) is 0 Å². The van der Waals surface area contributed by atoms with Gasteiger partial charge in [0.15, 0.2) is 5.13 Å². The summed E-state index contributed by atoms with van der Waals surface area (Å²) >= 11 is 2.47. The van der Waals surface area contributed by atoms with Gasteiger partial charge in [0.1, 0.15) is 16.4 Å². The third kappa shape index (κ3) is 3.70. The maximum atomic E-state index is 13.8. The second-order valence-electron chi connectivity index (χ2n) is 7.88. The molecule has 3 aromatic rings. The lowest BCUT2D eigenvalue weighted by Crippen LogP contribution is -2.45. The lowest BCUT2D eigenvalue weighted by molar-refractivity contribution is 0.0685. The van der Waals surface area contributed by atoms with Crippen LogP contribution in [-0.2, 0) is 0 Å². The fourth-order valence-corrected chi connectivity index (χ4v) is 5.84. The van der Waals surface area contributed by atoms with Crippen molar-refractivity contribution in [3.63, 3.8) is 0 Å². The van der Waals surface area contributed by atoms with Crippen LogP contribution in [-0.4, -0.2) is 45.3 Å². The van der Waals surface area contributed by atoms with Gasteiger partial charge < -0.3 is 16.0 Å². The number of piperidine rings is 1. The Balaban J connectivity index is 1.37. The van der Waals surface area contributed by atoms with Gasteiger partial charge in [-0.15, -0.1) is 11.3 Å². The highest BCUT2D eigenvalue weighted by atomic mass is 32.1. The number of benzene rings is 1. The summed E-state index contributed by atoms with van der Waals surface area (Å²) in [7, 11) is 0.